The first-order valence-electron chi connectivity index (χ1n) is 12.7. The molecule has 0 fully saturated rings. The minimum Gasteiger partial charge on any atom is -0.352 e. The van der Waals surface area contributed by atoms with Crippen molar-refractivity contribution in [2.24, 2.45) is 0 Å². The molecule has 0 aliphatic rings. The van der Waals surface area contributed by atoms with E-state index in [9.17, 15) is 22.4 Å². The second kappa shape index (κ2) is 13.5. The summed E-state index contributed by atoms with van der Waals surface area (Å²) in [5.41, 5.74) is 1.76. The predicted molar refractivity (Wildman–Crippen MR) is 156 cm³/mol. The Morgan fingerprint density at radius 3 is 2.12 bits per heavy atom. The van der Waals surface area contributed by atoms with Crippen LogP contribution < -0.4 is 9.62 Å². The summed E-state index contributed by atoms with van der Waals surface area (Å²) in [7, 11) is -4.29. The predicted octanol–water partition coefficient (Wildman–Crippen LogP) is 5.97. The van der Waals surface area contributed by atoms with Crippen molar-refractivity contribution in [2.75, 3.05) is 10.8 Å². The standard InChI is InChI=1S/C29H32Cl2FN3O4S/c1-5-27(29(37)33-19(2)3)34(17-21-8-15-25(30)26(31)16-21)28(36)18-35(23-11-6-20(4)7-12-23)40(38,39)24-13-9-22(32)10-14-24/h6-16,19,27H,5,17-18H2,1-4H3,(H,33,37)/t27-/m0/s1. The molecular weight excluding hydrogens is 576 g/mol. The minimum absolute atomic E-state index is 0.0158. The average molecular weight is 609 g/mol. The van der Waals surface area contributed by atoms with E-state index < -0.39 is 34.3 Å². The Morgan fingerprint density at radius 2 is 1.57 bits per heavy atom. The molecule has 0 aliphatic carbocycles. The number of halogens is 3. The van der Waals surface area contributed by atoms with Crippen molar-refractivity contribution < 1.29 is 22.4 Å². The molecule has 0 aliphatic heterocycles. The summed E-state index contributed by atoms with van der Waals surface area (Å²) in [6.45, 7) is 6.63. The third-order valence-electron chi connectivity index (χ3n) is 6.16. The Hall–Kier alpha value is -3.14. The maximum atomic E-state index is 14.0. The van der Waals surface area contributed by atoms with Crippen molar-refractivity contribution in [1.29, 1.82) is 0 Å². The van der Waals surface area contributed by atoms with Gasteiger partial charge >= 0.3 is 0 Å². The summed E-state index contributed by atoms with van der Waals surface area (Å²) in [6.07, 6.45) is 0.279. The van der Waals surface area contributed by atoms with Gasteiger partial charge in [0.15, 0.2) is 0 Å². The number of benzene rings is 3. The van der Waals surface area contributed by atoms with Crippen LogP contribution in [0.15, 0.2) is 71.6 Å². The minimum atomic E-state index is -4.29. The first-order valence-corrected chi connectivity index (χ1v) is 14.9. The maximum absolute atomic E-state index is 14.0. The number of aryl methyl sites for hydroxylation is 1. The van der Waals surface area contributed by atoms with E-state index in [-0.39, 0.29) is 40.5 Å². The zero-order valence-electron chi connectivity index (χ0n) is 22.7. The number of carbonyl (C=O) groups excluding carboxylic acids is 2. The molecule has 214 valence electrons. The van der Waals surface area contributed by atoms with E-state index in [0.717, 1.165) is 34.1 Å². The van der Waals surface area contributed by atoms with Crippen molar-refractivity contribution in [3.63, 3.8) is 0 Å². The highest BCUT2D eigenvalue weighted by atomic mass is 35.5. The Balaban J connectivity index is 2.07. The van der Waals surface area contributed by atoms with Crippen LogP contribution in [-0.2, 0) is 26.2 Å². The Morgan fingerprint density at radius 1 is 0.950 bits per heavy atom. The smallest absolute Gasteiger partial charge is 0.264 e. The Kier molecular flexibility index (Phi) is 10.6. The van der Waals surface area contributed by atoms with Gasteiger partial charge in [0.25, 0.3) is 10.0 Å². The number of nitrogens with zero attached hydrogens (tertiary/aromatic N) is 2. The summed E-state index contributed by atoms with van der Waals surface area (Å²) in [5.74, 6) is -1.57. The topological polar surface area (TPSA) is 86.8 Å². The SMILES string of the molecule is CC[C@@H](C(=O)NC(C)C)N(Cc1ccc(Cl)c(Cl)c1)C(=O)CN(c1ccc(C)cc1)S(=O)(=O)c1ccc(F)cc1. The van der Waals surface area contributed by atoms with Gasteiger partial charge in [0, 0.05) is 12.6 Å². The van der Waals surface area contributed by atoms with E-state index in [0.29, 0.717) is 10.6 Å². The highest BCUT2D eigenvalue weighted by Gasteiger charge is 2.34. The molecule has 11 heteroatoms. The number of rotatable bonds is 11. The van der Waals surface area contributed by atoms with Gasteiger partial charge in [0.2, 0.25) is 11.8 Å². The molecule has 0 heterocycles. The third kappa shape index (κ3) is 7.74. The molecule has 0 aromatic heterocycles. The molecule has 40 heavy (non-hydrogen) atoms. The third-order valence-corrected chi connectivity index (χ3v) is 8.68. The Bertz CT molecular complexity index is 1450. The Labute approximate surface area is 244 Å². The zero-order chi connectivity index (χ0) is 29.6. The highest BCUT2D eigenvalue weighted by Crippen LogP contribution is 2.27. The second-order valence-electron chi connectivity index (χ2n) is 9.66. The van der Waals surface area contributed by atoms with Crippen LogP contribution in [0.1, 0.15) is 38.3 Å². The van der Waals surface area contributed by atoms with Gasteiger partial charge < -0.3 is 10.2 Å². The van der Waals surface area contributed by atoms with Gasteiger partial charge in [-0.3, -0.25) is 13.9 Å². The normalized spacial score (nSPS) is 12.2. The maximum Gasteiger partial charge on any atom is 0.264 e. The van der Waals surface area contributed by atoms with Crippen LogP contribution in [0.2, 0.25) is 10.0 Å². The lowest BCUT2D eigenvalue weighted by Gasteiger charge is -2.33. The fraction of sp³-hybridized carbons (Fsp3) is 0.310. The number of carbonyl (C=O) groups is 2. The quantitative estimate of drug-likeness (QED) is 0.291. The van der Waals surface area contributed by atoms with Crippen molar-refractivity contribution in [3.05, 3.63) is 93.7 Å². The molecule has 0 unspecified atom stereocenters. The van der Waals surface area contributed by atoms with Gasteiger partial charge in [-0.1, -0.05) is 53.9 Å². The lowest BCUT2D eigenvalue weighted by molar-refractivity contribution is -0.140. The molecule has 0 saturated heterocycles. The van der Waals surface area contributed by atoms with Gasteiger partial charge in [0.05, 0.1) is 20.6 Å². The molecule has 0 radical (unpaired) electrons. The van der Waals surface area contributed by atoms with E-state index in [1.165, 1.54) is 4.90 Å². The number of amides is 2. The summed E-state index contributed by atoms with van der Waals surface area (Å²) >= 11 is 12.3. The van der Waals surface area contributed by atoms with Crippen LogP contribution in [-0.4, -0.2) is 43.8 Å². The first kappa shape index (κ1) is 31.4. The lowest BCUT2D eigenvalue weighted by atomic mass is 10.1. The molecule has 2 amide bonds. The van der Waals surface area contributed by atoms with Crippen LogP contribution in [0.3, 0.4) is 0 Å². The molecule has 1 N–H and O–H groups in total. The molecule has 3 aromatic carbocycles. The number of hydrogen-bond acceptors (Lipinski definition) is 4. The molecule has 1 atom stereocenters. The number of sulfonamides is 1. The van der Waals surface area contributed by atoms with Crippen molar-refractivity contribution in [3.8, 4) is 0 Å². The van der Waals surface area contributed by atoms with E-state index in [2.05, 4.69) is 5.32 Å². The molecule has 0 saturated carbocycles. The van der Waals surface area contributed by atoms with Crippen LogP contribution >= 0.6 is 23.2 Å². The number of hydrogen-bond donors (Lipinski definition) is 1. The van der Waals surface area contributed by atoms with E-state index in [1.54, 1.807) is 49.4 Å². The second-order valence-corrected chi connectivity index (χ2v) is 12.3. The van der Waals surface area contributed by atoms with Gasteiger partial charge in [-0.15, -0.1) is 0 Å². The van der Waals surface area contributed by atoms with Gasteiger partial charge in [-0.2, -0.15) is 0 Å². The molecular formula is C29H32Cl2FN3O4S. The molecule has 3 rings (SSSR count). The highest BCUT2D eigenvalue weighted by molar-refractivity contribution is 7.92. The summed E-state index contributed by atoms with van der Waals surface area (Å²) in [6, 6.07) is 14.8. The lowest BCUT2D eigenvalue weighted by Crippen LogP contribution is -2.53. The van der Waals surface area contributed by atoms with Gasteiger partial charge in [0.1, 0.15) is 18.4 Å². The van der Waals surface area contributed by atoms with E-state index >= 15 is 0 Å². The van der Waals surface area contributed by atoms with Gasteiger partial charge in [-0.25, -0.2) is 12.8 Å². The largest absolute Gasteiger partial charge is 0.352 e. The first-order chi connectivity index (χ1) is 18.8. The van der Waals surface area contributed by atoms with Crippen LogP contribution in [0.5, 0.6) is 0 Å². The fourth-order valence-corrected chi connectivity index (χ4v) is 5.84. The van der Waals surface area contributed by atoms with Crippen LogP contribution in [0.4, 0.5) is 10.1 Å². The molecule has 3 aromatic rings. The molecule has 7 nitrogen and oxygen atoms in total. The zero-order valence-corrected chi connectivity index (χ0v) is 25.0. The summed E-state index contributed by atoms with van der Waals surface area (Å²) in [4.78, 5) is 28.3. The van der Waals surface area contributed by atoms with E-state index in [4.69, 9.17) is 23.2 Å². The van der Waals surface area contributed by atoms with Crippen LogP contribution in [0.25, 0.3) is 0 Å². The van der Waals surface area contributed by atoms with Gasteiger partial charge in [-0.05, 0) is 81.3 Å². The number of anilines is 1. The van der Waals surface area contributed by atoms with Crippen molar-refractivity contribution in [1.82, 2.24) is 10.2 Å². The summed E-state index contributed by atoms with van der Waals surface area (Å²) < 4.78 is 42.1. The molecule has 0 spiro atoms. The fourth-order valence-electron chi connectivity index (χ4n) is 4.11. The molecule has 0 bridgehead atoms. The van der Waals surface area contributed by atoms with Crippen molar-refractivity contribution in [2.45, 2.75) is 57.6 Å². The monoisotopic (exact) mass is 607 g/mol. The number of nitrogens with one attached hydrogen (secondary N) is 1. The van der Waals surface area contributed by atoms with Crippen LogP contribution in [0, 0.1) is 12.7 Å². The summed E-state index contributed by atoms with van der Waals surface area (Å²) in [5, 5.41) is 3.46. The van der Waals surface area contributed by atoms with E-state index in [1.807, 2.05) is 20.8 Å². The average Bonchev–Trinajstić information content (AvgIpc) is 2.89. The van der Waals surface area contributed by atoms with Crippen molar-refractivity contribution >= 4 is 50.7 Å².